The zero-order valence-corrected chi connectivity index (χ0v) is 11.7. The number of hydrogen-bond acceptors (Lipinski definition) is 3. The first-order valence-electron chi connectivity index (χ1n) is 6.49. The highest BCUT2D eigenvalue weighted by molar-refractivity contribution is 6.20. The Morgan fingerprint density at radius 1 is 1.17 bits per heavy atom. The van der Waals surface area contributed by atoms with Gasteiger partial charge in [0, 0.05) is 18.0 Å². The molecule has 0 atom stereocenters. The summed E-state index contributed by atoms with van der Waals surface area (Å²) < 4.78 is 64.2. The van der Waals surface area contributed by atoms with E-state index in [1.54, 1.807) is 0 Å². The van der Waals surface area contributed by atoms with Gasteiger partial charge in [-0.05, 0) is 23.6 Å². The Bertz CT molecular complexity index is 842. The Hall–Kier alpha value is -2.51. The van der Waals surface area contributed by atoms with Crippen LogP contribution in [0.25, 0.3) is 10.8 Å². The molecule has 0 aliphatic carbocycles. The number of benzene rings is 2. The Morgan fingerprint density at radius 3 is 2.48 bits per heavy atom. The smallest absolute Gasteiger partial charge is 0.328 e. The Morgan fingerprint density at radius 2 is 1.87 bits per heavy atom. The van der Waals surface area contributed by atoms with E-state index in [1.807, 2.05) is 0 Å². The average Bonchev–Trinajstić information content (AvgIpc) is 2.48. The van der Waals surface area contributed by atoms with Crippen LogP contribution in [0.1, 0.15) is 10.4 Å². The Balaban J connectivity index is 2.31. The molecule has 1 aliphatic rings. The van der Waals surface area contributed by atoms with Gasteiger partial charge in [-0.1, -0.05) is 12.1 Å². The lowest BCUT2D eigenvalue weighted by Gasteiger charge is -2.27. The van der Waals surface area contributed by atoms with E-state index in [0.717, 1.165) is 11.0 Å². The lowest BCUT2D eigenvalue weighted by Crippen LogP contribution is -2.34. The fourth-order valence-corrected chi connectivity index (χ4v) is 2.61. The molecule has 0 saturated carbocycles. The third-order valence-electron chi connectivity index (χ3n) is 3.63. The van der Waals surface area contributed by atoms with Crippen LogP contribution in [0.5, 0.6) is 0 Å². The molecule has 0 spiro atoms. The zero-order chi connectivity index (χ0) is 16.9. The van der Waals surface area contributed by atoms with Crippen LogP contribution < -0.4 is 4.90 Å². The van der Waals surface area contributed by atoms with Gasteiger partial charge >= 0.3 is 6.18 Å². The van der Waals surface area contributed by atoms with Gasteiger partial charge in [0.25, 0.3) is 12.2 Å². The number of amidine groups is 1. The van der Waals surface area contributed by atoms with Gasteiger partial charge in [-0.3, -0.25) is 4.79 Å². The summed E-state index contributed by atoms with van der Waals surface area (Å²) in [5.74, 6) is -2.48. The molecule has 0 amide bonds. The number of aliphatic imine (C=N–C) groups is 1. The summed E-state index contributed by atoms with van der Waals surface area (Å²) in [6.07, 6.45) is -7.85. The van der Waals surface area contributed by atoms with Gasteiger partial charge in [0.15, 0.2) is 5.84 Å². The van der Waals surface area contributed by atoms with E-state index >= 15 is 0 Å². The summed E-state index contributed by atoms with van der Waals surface area (Å²) in [6, 6.07) is 6.37. The summed E-state index contributed by atoms with van der Waals surface area (Å²) in [5, 5.41) is 0.278. The van der Waals surface area contributed by atoms with Gasteiger partial charge in [-0.25, -0.2) is 13.8 Å². The number of nitrogens with zero attached hydrogens (tertiary/aromatic N) is 2. The van der Waals surface area contributed by atoms with Crippen molar-refractivity contribution in [3.8, 4) is 0 Å². The second-order valence-corrected chi connectivity index (χ2v) is 4.99. The van der Waals surface area contributed by atoms with E-state index in [9.17, 15) is 26.7 Å². The van der Waals surface area contributed by atoms with Gasteiger partial charge in [0.1, 0.15) is 0 Å². The summed E-state index contributed by atoms with van der Waals surface area (Å²) in [6.45, 7) is 0. The van der Waals surface area contributed by atoms with Crippen molar-refractivity contribution in [3.63, 3.8) is 0 Å². The van der Waals surface area contributed by atoms with E-state index in [-0.39, 0.29) is 22.1 Å². The first kappa shape index (κ1) is 15.4. The molecule has 0 radical (unpaired) electrons. The van der Waals surface area contributed by atoms with Crippen molar-refractivity contribution in [1.82, 2.24) is 0 Å². The van der Waals surface area contributed by atoms with E-state index in [0.29, 0.717) is 0 Å². The molecule has 0 aromatic heterocycles. The molecular weight excluding hydrogens is 319 g/mol. The lowest BCUT2D eigenvalue weighted by molar-refractivity contribution is -0.0884. The second kappa shape index (κ2) is 5.00. The number of hydrogen-bond donors (Lipinski definition) is 0. The monoisotopic (exact) mass is 328 g/mol. The van der Waals surface area contributed by atoms with Gasteiger partial charge in [-0.2, -0.15) is 13.2 Å². The fraction of sp³-hybridized carbons (Fsp3) is 0.200. The van der Waals surface area contributed by atoms with E-state index in [2.05, 4.69) is 4.99 Å². The molecule has 2 aromatic carbocycles. The van der Waals surface area contributed by atoms with Crippen LogP contribution in [-0.2, 0) is 0 Å². The highest BCUT2D eigenvalue weighted by Crippen LogP contribution is 2.41. The van der Waals surface area contributed by atoms with Crippen molar-refractivity contribution in [2.75, 3.05) is 11.9 Å². The van der Waals surface area contributed by atoms with Gasteiger partial charge < -0.3 is 4.90 Å². The largest absolute Gasteiger partial charge is 0.454 e. The minimum atomic E-state index is -5.02. The summed E-state index contributed by atoms with van der Waals surface area (Å²) in [4.78, 5) is 16.5. The normalized spacial score (nSPS) is 14.4. The molecule has 23 heavy (non-hydrogen) atoms. The highest BCUT2D eigenvalue weighted by atomic mass is 19.4. The number of Topliss-reactive ketones (excluding diaryl/α,β-unsaturated/α-hetero) is 1. The van der Waals surface area contributed by atoms with Gasteiger partial charge in [0.05, 0.1) is 11.4 Å². The molecule has 0 saturated heterocycles. The first-order valence-corrected chi connectivity index (χ1v) is 6.49. The van der Waals surface area contributed by atoms with Gasteiger partial charge in [0.2, 0.25) is 0 Å². The highest BCUT2D eigenvalue weighted by Gasteiger charge is 2.40. The van der Waals surface area contributed by atoms with Crippen LogP contribution in [-0.4, -0.2) is 31.3 Å². The number of carbonyl (C=O) groups excluding carboxylic acids is 1. The van der Waals surface area contributed by atoms with E-state index < -0.39 is 29.8 Å². The number of alkyl halides is 5. The lowest BCUT2D eigenvalue weighted by atomic mass is 9.97. The van der Waals surface area contributed by atoms with Crippen molar-refractivity contribution in [1.29, 1.82) is 0 Å². The Labute approximate surface area is 127 Å². The van der Waals surface area contributed by atoms with Crippen LogP contribution >= 0.6 is 0 Å². The molecule has 1 heterocycles. The quantitative estimate of drug-likeness (QED) is 0.607. The molecule has 2 aromatic rings. The maximum Gasteiger partial charge on any atom is 0.454 e. The van der Waals surface area contributed by atoms with Crippen LogP contribution in [0.4, 0.5) is 33.3 Å². The minimum absolute atomic E-state index is 0.0336. The molecule has 0 fully saturated rings. The topological polar surface area (TPSA) is 32.7 Å². The minimum Gasteiger partial charge on any atom is -0.328 e. The van der Waals surface area contributed by atoms with Crippen molar-refractivity contribution in [2.45, 2.75) is 12.6 Å². The third-order valence-corrected chi connectivity index (χ3v) is 3.63. The van der Waals surface area contributed by atoms with Crippen molar-refractivity contribution >= 4 is 33.8 Å². The molecule has 3 rings (SSSR count). The molecule has 0 bridgehead atoms. The van der Waals surface area contributed by atoms with Crippen LogP contribution in [0.2, 0.25) is 0 Å². The number of ketones is 1. The summed E-state index contributed by atoms with van der Waals surface area (Å²) in [7, 11) is 1.35. The molecule has 8 heteroatoms. The molecule has 0 unspecified atom stereocenters. The number of carbonyl (C=O) groups is 1. The number of halogens is 5. The van der Waals surface area contributed by atoms with Gasteiger partial charge in [-0.15, -0.1) is 0 Å². The average molecular weight is 328 g/mol. The third kappa shape index (κ3) is 2.34. The second-order valence-electron chi connectivity index (χ2n) is 4.99. The molecule has 120 valence electrons. The molecule has 3 nitrogen and oxygen atoms in total. The standard InChI is InChI=1S/C15H9F5N2O/c1-22-10-6-5-8(12(23)15(18,19)20)7-3-2-4-9(11(7)10)21-14(22)13(16)17/h2-6,13H,1H3. The molecule has 0 N–H and O–H groups in total. The fourth-order valence-electron chi connectivity index (χ4n) is 2.61. The predicted molar refractivity (Wildman–Crippen MR) is 75.8 cm³/mol. The maximum absolute atomic E-state index is 13.0. The molecule has 1 aliphatic heterocycles. The predicted octanol–water partition coefficient (Wildman–Crippen LogP) is 4.33. The van der Waals surface area contributed by atoms with E-state index in [4.69, 9.17) is 0 Å². The SMILES string of the molecule is CN1C(C(F)F)=Nc2cccc3c(C(=O)C(F)(F)F)ccc1c23. The number of rotatable bonds is 2. The first-order chi connectivity index (χ1) is 10.7. The summed E-state index contributed by atoms with van der Waals surface area (Å²) >= 11 is 0. The van der Waals surface area contributed by atoms with Crippen LogP contribution in [0.3, 0.4) is 0 Å². The van der Waals surface area contributed by atoms with Crippen molar-refractivity contribution < 1.29 is 26.7 Å². The summed E-state index contributed by atoms with van der Waals surface area (Å²) in [5.41, 5.74) is -0.135. The Kier molecular flexibility index (Phi) is 3.35. The van der Waals surface area contributed by atoms with Crippen molar-refractivity contribution in [3.05, 3.63) is 35.9 Å². The maximum atomic E-state index is 13.0. The van der Waals surface area contributed by atoms with Crippen LogP contribution in [0, 0.1) is 0 Å². The molecular formula is C15H9F5N2O. The number of anilines is 1. The van der Waals surface area contributed by atoms with Crippen LogP contribution in [0.15, 0.2) is 35.3 Å². The van der Waals surface area contributed by atoms with Crippen molar-refractivity contribution in [2.24, 2.45) is 4.99 Å². The van der Waals surface area contributed by atoms with E-state index in [1.165, 1.54) is 31.3 Å². The zero-order valence-electron chi connectivity index (χ0n) is 11.7.